The molecule has 4 aliphatic rings. The molecule has 4 heterocycles. The smallest absolute Gasteiger partial charge is 0.330 e. The van der Waals surface area contributed by atoms with Gasteiger partial charge in [-0.05, 0) is 43.8 Å². The fourth-order valence-corrected chi connectivity index (χ4v) is 7.56. The van der Waals surface area contributed by atoms with Gasteiger partial charge in [0.15, 0.2) is 18.2 Å². The summed E-state index contributed by atoms with van der Waals surface area (Å²) >= 11 is 0. The molecule has 0 amide bonds. The van der Waals surface area contributed by atoms with Crippen LogP contribution in [0.4, 0.5) is 0 Å². The Morgan fingerprint density at radius 3 is 2.54 bits per heavy atom. The van der Waals surface area contributed by atoms with E-state index in [1.807, 2.05) is 0 Å². The number of esters is 2. The molecule has 13 heteroatoms. The van der Waals surface area contributed by atoms with E-state index in [1.165, 1.54) is 13.2 Å². The van der Waals surface area contributed by atoms with E-state index < -0.39 is 72.3 Å². The van der Waals surface area contributed by atoms with Crippen LogP contribution in [-0.4, -0.2) is 107 Å². The molecule has 3 saturated heterocycles. The Labute approximate surface area is 308 Å². The molecule has 2 unspecified atom stereocenters. The molecular weight excluding hydrogens is 676 g/mol. The average Bonchev–Trinajstić information content (AvgIpc) is 3.08. The van der Waals surface area contributed by atoms with E-state index in [0.717, 1.165) is 32.1 Å². The molecule has 0 radical (unpaired) electrons. The van der Waals surface area contributed by atoms with Crippen molar-refractivity contribution in [1.29, 1.82) is 0 Å². The maximum Gasteiger partial charge on any atom is 0.330 e. The summed E-state index contributed by atoms with van der Waals surface area (Å²) in [5.41, 5.74) is -1.02. The Bertz CT molecular complexity index is 1250. The lowest BCUT2D eigenvalue weighted by Crippen LogP contribution is -2.62. The minimum absolute atomic E-state index is 0.0546. The second kappa shape index (κ2) is 19.3. The molecule has 13 nitrogen and oxygen atoms in total. The summed E-state index contributed by atoms with van der Waals surface area (Å²) in [5, 5.41) is 45.4. The molecule has 0 saturated carbocycles. The van der Waals surface area contributed by atoms with Crippen molar-refractivity contribution in [2.75, 3.05) is 20.3 Å². The molecule has 0 aromatic carbocycles. The highest BCUT2D eigenvalue weighted by atomic mass is 16.7. The highest BCUT2D eigenvalue weighted by Gasteiger charge is 2.57. The second-order valence-corrected chi connectivity index (χ2v) is 15.4. The van der Waals surface area contributed by atoms with Crippen LogP contribution < -0.4 is 0 Å². The number of hydrogen-bond acceptors (Lipinski definition) is 13. The first-order valence-corrected chi connectivity index (χ1v) is 19.1. The zero-order valence-electron chi connectivity index (χ0n) is 31.5. The van der Waals surface area contributed by atoms with Crippen molar-refractivity contribution in [3.63, 3.8) is 0 Å². The number of carbonyl (C=O) groups excluding carboxylic acids is 2. The predicted octanol–water partition coefficient (Wildman–Crippen LogP) is 4.63. The average molecular weight is 739 g/mol. The molecule has 6 bridgehead atoms. The molecule has 296 valence electrons. The largest absolute Gasteiger partial charge is 0.493 e. The fraction of sp³-hybridized carbons (Fsp3) is 0.795. The standard InChI is InChI=1S/C39H62O13/c1-6-7-8-9-10-13-33(42)50-36-27(21-34(43)46-5)20-31-23-32(25-40)48-26(2)19-28(41)22-29-12-11-16-38(44,51-29)24-30-15-18-47-35(49-30)14-17-37(3,4)39(36,45)52-31/h14,17,21,28-32,35-36,40-41,44-45H,2,6-13,15-16,18-20,22-25H2,1,3-5H3/b17-14+,27-21+/t28-,29-,30-,31?,32?,35-,36-,38+,39+/m0/s1. The first-order chi connectivity index (χ1) is 24.7. The molecule has 4 aliphatic heterocycles. The Balaban J connectivity index is 1.69. The number of fused-ring (bicyclic) bond motifs is 6. The maximum atomic E-state index is 13.3. The third-order valence-electron chi connectivity index (χ3n) is 10.5. The number of aliphatic hydroxyl groups excluding tert-OH is 2. The zero-order chi connectivity index (χ0) is 37.9. The van der Waals surface area contributed by atoms with Crippen molar-refractivity contribution in [3.8, 4) is 0 Å². The van der Waals surface area contributed by atoms with Crippen LogP contribution in [0.25, 0.3) is 0 Å². The summed E-state index contributed by atoms with van der Waals surface area (Å²) in [5.74, 6) is -4.68. The van der Waals surface area contributed by atoms with Gasteiger partial charge in [0.05, 0.1) is 50.5 Å². The molecule has 0 aliphatic carbocycles. The van der Waals surface area contributed by atoms with Gasteiger partial charge in [0.1, 0.15) is 6.10 Å². The molecule has 0 aromatic heterocycles. The molecule has 9 atom stereocenters. The third-order valence-corrected chi connectivity index (χ3v) is 10.5. The van der Waals surface area contributed by atoms with E-state index >= 15 is 0 Å². The van der Waals surface area contributed by atoms with Crippen LogP contribution in [0, 0.1) is 5.41 Å². The number of hydrogen-bond donors (Lipinski definition) is 4. The highest BCUT2D eigenvalue weighted by Crippen LogP contribution is 2.47. The van der Waals surface area contributed by atoms with E-state index in [1.54, 1.807) is 26.0 Å². The minimum atomic E-state index is -2.23. The highest BCUT2D eigenvalue weighted by molar-refractivity contribution is 5.83. The van der Waals surface area contributed by atoms with Crippen LogP contribution in [-0.2, 0) is 42.7 Å². The van der Waals surface area contributed by atoms with E-state index in [-0.39, 0.29) is 56.0 Å². The first-order valence-electron chi connectivity index (χ1n) is 19.1. The quantitative estimate of drug-likeness (QED) is 0.111. The van der Waals surface area contributed by atoms with E-state index in [0.29, 0.717) is 32.3 Å². The minimum Gasteiger partial charge on any atom is -0.493 e. The van der Waals surface area contributed by atoms with Crippen LogP contribution in [0.15, 0.2) is 36.1 Å². The third kappa shape index (κ3) is 11.8. The lowest BCUT2D eigenvalue weighted by Gasteiger charge is -2.51. The molecule has 0 aromatic rings. The number of aliphatic hydroxyl groups is 4. The van der Waals surface area contributed by atoms with Crippen LogP contribution >= 0.6 is 0 Å². The SMILES string of the molecule is C=C1C[C@H](O)C[C@@H]2CCC[C@](O)(C[C@@H]3CCO[C@H](/C=C/C(C)(C)[C@]4(O)OC(C/C(=C\C(=O)OC)[C@@H]4OC(=O)CCCCCCC)CC(CO)O1)O3)O2. The molecular formula is C39H62O13. The molecule has 52 heavy (non-hydrogen) atoms. The number of carbonyl (C=O) groups is 2. The summed E-state index contributed by atoms with van der Waals surface area (Å²) in [6, 6.07) is 0. The lowest BCUT2D eigenvalue weighted by atomic mass is 9.74. The summed E-state index contributed by atoms with van der Waals surface area (Å²) < 4.78 is 41.7. The second-order valence-electron chi connectivity index (χ2n) is 15.4. The van der Waals surface area contributed by atoms with Crippen molar-refractivity contribution >= 4 is 11.9 Å². The Morgan fingerprint density at radius 2 is 1.81 bits per heavy atom. The van der Waals surface area contributed by atoms with E-state index in [9.17, 15) is 30.0 Å². The summed E-state index contributed by atoms with van der Waals surface area (Å²) in [4.78, 5) is 26.0. The monoisotopic (exact) mass is 738 g/mol. The van der Waals surface area contributed by atoms with Gasteiger partial charge in [-0.2, -0.15) is 0 Å². The summed E-state index contributed by atoms with van der Waals surface area (Å²) in [6.45, 7) is 9.43. The van der Waals surface area contributed by atoms with Gasteiger partial charge in [-0.15, -0.1) is 0 Å². The molecule has 3 fully saturated rings. The maximum absolute atomic E-state index is 13.3. The van der Waals surface area contributed by atoms with Gasteiger partial charge in [0, 0.05) is 50.0 Å². The number of methoxy groups -OCH3 is 1. The topological polar surface area (TPSA) is 180 Å². The fourth-order valence-electron chi connectivity index (χ4n) is 7.56. The predicted molar refractivity (Wildman–Crippen MR) is 189 cm³/mol. The van der Waals surface area contributed by atoms with Crippen molar-refractivity contribution < 1.29 is 63.2 Å². The van der Waals surface area contributed by atoms with Gasteiger partial charge < -0.3 is 53.6 Å². The van der Waals surface area contributed by atoms with Crippen LogP contribution in [0.5, 0.6) is 0 Å². The first kappa shape index (κ1) is 42.4. The number of rotatable bonds is 9. The van der Waals surface area contributed by atoms with Crippen molar-refractivity contribution in [2.45, 2.75) is 172 Å². The normalized spacial score (nSPS) is 37.3. The van der Waals surface area contributed by atoms with Gasteiger partial charge in [0.2, 0.25) is 5.79 Å². The Hall–Kier alpha value is -2.36. The molecule has 4 N–H and O–H groups in total. The van der Waals surface area contributed by atoms with Crippen LogP contribution in [0.2, 0.25) is 0 Å². The van der Waals surface area contributed by atoms with Gasteiger partial charge in [-0.25, -0.2) is 4.79 Å². The van der Waals surface area contributed by atoms with Gasteiger partial charge in [-0.3, -0.25) is 4.79 Å². The van der Waals surface area contributed by atoms with E-state index in [4.69, 9.17) is 33.2 Å². The summed E-state index contributed by atoms with van der Waals surface area (Å²) in [7, 11) is 1.23. The van der Waals surface area contributed by atoms with Crippen molar-refractivity contribution in [3.05, 3.63) is 36.1 Å². The van der Waals surface area contributed by atoms with Gasteiger partial charge >= 0.3 is 11.9 Å². The van der Waals surface area contributed by atoms with Crippen LogP contribution in [0.1, 0.15) is 117 Å². The zero-order valence-corrected chi connectivity index (χ0v) is 31.5. The van der Waals surface area contributed by atoms with Gasteiger partial charge in [0.25, 0.3) is 0 Å². The van der Waals surface area contributed by atoms with Crippen molar-refractivity contribution in [2.24, 2.45) is 5.41 Å². The Kier molecular flexibility index (Phi) is 15.7. The molecule has 0 spiro atoms. The summed E-state index contributed by atoms with van der Waals surface area (Å²) in [6.07, 6.45) is 6.68. The van der Waals surface area contributed by atoms with E-state index in [2.05, 4.69) is 13.5 Å². The Morgan fingerprint density at radius 1 is 1.04 bits per heavy atom. The van der Waals surface area contributed by atoms with Crippen molar-refractivity contribution in [1.82, 2.24) is 0 Å². The van der Waals surface area contributed by atoms with Gasteiger partial charge in [-0.1, -0.05) is 59.1 Å². The molecule has 4 rings (SSSR count). The lowest BCUT2D eigenvalue weighted by molar-refractivity contribution is -0.327. The van der Waals surface area contributed by atoms with Crippen LogP contribution in [0.3, 0.4) is 0 Å². The number of unbranched alkanes of at least 4 members (excludes halogenated alkanes) is 4. The number of ether oxygens (including phenoxy) is 7.